The van der Waals surface area contributed by atoms with Crippen LogP contribution in [-0.4, -0.2) is 26.1 Å². The Bertz CT molecular complexity index is 1680. The quantitative estimate of drug-likeness (QED) is 0.219. The highest BCUT2D eigenvalue weighted by molar-refractivity contribution is 5.90. The van der Waals surface area contributed by atoms with Crippen molar-refractivity contribution in [1.29, 1.82) is 0 Å². The van der Waals surface area contributed by atoms with Gasteiger partial charge in [-0.15, -0.1) is 0 Å². The molecule has 6 heteroatoms. The zero-order valence-corrected chi connectivity index (χ0v) is 22.6. The first kappa shape index (κ1) is 24.2. The Kier molecular flexibility index (Phi) is 5.89. The first-order chi connectivity index (χ1) is 19.7. The van der Waals surface area contributed by atoms with Crippen LogP contribution in [-0.2, 0) is 5.41 Å². The summed E-state index contributed by atoms with van der Waals surface area (Å²) in [6.07, 6.45) is 13.9. The summed E-state index contributed by atoms with van der Waals surface area (Å²) in [6.45, 7) is 4.56. The van der Waals surface area contributed by atoms with E-state index >= 15 is 0 Å². The summed E-state index contributed by atoms with van der Waals surface area (Å²) in [5.41, 5.74) is 6.91. The summed E-state index contributed by atoms with van der Waals surface area (Å²) in [6, 6.07) is 27.2. The fourth-order valence-corrected chi connectivity index (χ4v) is 6.14. The van der Waals surface area contributed by atoms with Crippen LogP contribution >= 0.6 is 0 Å². The Labute approximate surface area is 234 Å². The van der Waals surface area contributed by atoms with Crippen LogP contribution in [0.4, 0.5) is 23.0 Å². The van der Waals surface area contributed by atoms with E-state index in [1.165, 1.54) is 11.3 Å². The van der Waals surface area contributed by atoms with Crippen molar-refractivity contribution in [2.75, 3.05) is 9.80 Å². The number of benzene rings is 2. The molecule has 7 rings (SSSR count). The minimum Gasteiger partial charge on any atom is -0.298 e. The predicted molar refractivity (Wildman–Crippen MR) is 161 cm³/mol. The van der Waals surface area contributed by atoms with Crippen molar-refractivity contribution >= 4 is 23.0 Å². The van der Waals surface area contributed by atoms with Gasteiger partial charge >= 0.3 is 0 Å². The van der Waals surface area contributed by atoms with Gasteiger partial charge in [-0.3, -0.25) is 19.8 Å². The van der Waals surface area contributed by atoms with Gasteiger partial charge in [0, 0.05) is 52.7 Å². The molecular weight excluding hydrogens is 492 g/mol. The van der Waals surface area contributed by atoms with E-state index in [0.717, 1.165) is 52.7 Å². The van der Waals surface area contributed by atoms with Gasteiger partial charge in [-0.2, -0.15) is 0 Å². The van der Waals surface area contributed by atoms with Crippen LogP contribution in [0.3, 0.4) is 0 Å². The number of hydrogen-bond donors (Lipinski definition) is 0. The van der Waals surface area contributed by atoms with Gasteiger partial charge in [0.1, 0.15) is 17.6 Å². The second kappa shape index (κ2) is 9.72. The first-order valence-corrected chi connectivity index (χ1v) is 13.9. The molecule has 1 atom stereocenters. The van der Waals surface area contributed by atoms with Gasteiger partial charge in [0.05, 0.1) is 0 Å². The molecule has 5 aromatic rings. The molecule has 0 saturated carbocycles. The molecule has 0 spiro atoms. The number of anilines is 4. The van der Waals surface area contributed by atoms with Crippen LogP contribution in [0.2, 0.25) is 0 Å². The molecule has 0 N–H and O–H groups in total. The molecule has 2 aromatic carbocycles. The summed E-state index contributed by atoms with van der Waals surface area (Å²) in [5.74, 6) is 1.66. The van der Waals surface area contributed by atoms with E-state index in [9.17, 15) is 0 Å². The number of allylic oxidation sites excluding steroid dienone is 1. The molecular formula is C34H30N6. The monoisotopic (exact) mass is 522 g/mol. The first-order valence-electron chi connectivity index (χ1n) is 13.9. The smallest absolute Gasteiger partial charge is 0.179 e. The third-order valence-corrected chi connectivity index (χ3v) is 8.30. The second-order valence-electron chi connectivity index (χ2n) is 10.3. The van der Waals surface area contributed by atoms with E-state index in [2.05, 4.69) is 94.3 Å². The molecule has 6 nitrogen and oxygen atoms in total. The minimum atomic E-state index is -0.121. The molecule has 5 heterocycles. The Hall–Kier alpha value is -4.84. The van der Waals surface area contributed by atoms with Gasteiger partial charge < -0.3 is 0 Å². The van der Waals surface area contributed by atoms with Gasteiger partial charge in [-0.25, -0.2) is 9.97 Å². The molecule has 1 unspecified atom stereocenters. The van der Waals surface area contributed by atoms with Gasteiger partial charge in [-0.1, -0.05) is 56.3 Å². The average molecular weight is 523 g/mol. The lowest BCUT2D eigenvalue weighted by atomic mass is 9.75. The lowest BCUT2D eigenvalue weighted by Gasteiger charge is -2.32. The molecule has 2 aliphatic rings. The topological polar surface area (TPSA) is 58.0 Å². The molecule has 0 radical (unpaired) electrons. The van der Waals surface area contributed by atoms with E-state index in [1.807, 2.05) is 42.7 Å². The van der Waals surface area contributed by atoms with Crippen LogP contribution in [0.25, 0.3) is 22.5 Å². The van der Waals surface area contributed by atoms with E-state index in [4.69, 9.17) is 9.97 Å². The van der Waals surface area contributed by atoms with Crippen molar-refractivity contribution in [3.8, 4) is 22.5 Å². The Morgan fingerprint density at radius 3 is 1.88 bits per heavy atom. The van der Waals surface area contributed by atoms with E-state index in [-0.39, 0.29) is 11.6 Å². The van der Waals surface area contributed by atoms with Gasteiger partial charge in [-0.05, 0) is 66.9 Å². The van der Waals surface area contributed by atoms with Gasteiger partial charge in [0.15, 0.2) is 11.6 Å². The van der Waals surface area contributed by atoms with E-state index in [1.54, 1.807) is 12.4 Å². The van der Waals surface area contributed by atoms with Crippen LogP contribution in [0, 0.1) is 0 Å². The van der Waals surface area contributed by atoms with Crippen molar-refractivity contribution < 1.29 is 0 Å². The third kappa shape index (κ3) is 3.71. The highest BCUT2D eigenvalue weighted by Crippen LogP contribution is 2.52. The zero-order valence-electron chi connectivity index (χ0n) is 22.6. The number of fused-ring (bicyclic) bond motifs is 5. The number of hydrogen-bond acceptors (Lipinski definition) is 6. The number of rotatable bonds is 5. The molecule has 196 valence electrons. The standard InChI is InChI=1S/C34H30N6/c1-3-34(4-2)19-18-29-39(26-14-6-5-7-15-26)32-33(40(29)28-17-9-8-16-27(28)34)38-31(25-13-11-21-36-23-25)30(37-32)24-12-10-20-35-22-24/h5-23,29H,3-4H2,1-2H3. The van der Waals surface area contributed by atoms with Crippen molar-refractivity contribution in [3.63, 3.8) is 0 Å². The van der Waals surface area contributed by atoms with E-state index in [0.29, 0.717) is 0 Å². The maximum atomic E-state index is 5.42. The van der Waals surface area contributed by atoms with Crippen molar-refractivity contribution in [1.82, 2.24) is 19.9 Å². The second-order valence-corrected chi connectivity index (χ2v) is 10.3. The maximum absolute atomic E-state index is 5.42. The molecule has 3 aromatic heterocycles. The highest BCUT2D eigenvalue weighted by atomic mass is 15.5. The molecule has 0 aliphatic carbocycles. The van der Waals surface area contributed by atoms with Crippen molar-refractivity contribution in [2.45, 2.75) is 38.3 Å². The number of pyridine rings is 2. The highest BCUT2D eigenvalue weighted by Gasteiger charge is 2.44. The Morgan fingerprint density at radius 2 is 1.27 bits per heavy atom. The fraction of sp³-hybridized carbons (Fsp3) is 0.176. The van der Waals surface area contributed by atoms with E-state index < -0.39 is 0 Å². The zero-order chi connectivity index (χ0) is 27.1. The minimum absolute atomic E-state index is 0.0568. The average Bonchev–Trinajstić information content (AvgIpc) is 3.27. The molecule has 40 heavy (non-hydrogen) atoms. The van der Waals surface area contributed by atoms with Crippen LogP contribution in [0.15, 0.2) is 116 Å². The maximum Gasteiger partial charge on any atom is 0.179 e. The predicted octanol–water partition coefficient (Wildman–Crippen LogP) is 7.84. The van der Waals surface area contributed by atoms with Crippen molar-refractivity contribution in [3.05, 3.63) is 121 Å². The summed E-state index contributed by atoms with van der Waals surface area (Å²) >= 11 is 0. The summed E-state index contributed by atoms with van der Waals surface area (Å²) < 4.78 is 0. The molecule has 0 saturated heterocycles. The van der Waals surface area contributed by atoms with Gasteiger partial charge in [0.25, 0.3) is 0 Å². The summed E-state index contributed by atoms with van der Waals surface area (Å²) in [7, 11) is 0. The number of para-hydroxylation sites is 2. The Morgan fingerprint density at radius 1 is 0.675 bits per heavy atom. The van der Waals surface area contributed by atoms with Gasteiger partial charge in [0.2, 0.25) is 0 Å². The number of aromatic nitrogens is 4. The van der Waals surface area contributed by atoms with Crippen LogP contribution in [0.1, 0.15) is 32.3 Å². The molecule has 2 aliphatic heterocycles. The normalized spacial score (nSPS) is 16.7. The summed E-state index contributed by atoms with van der Waals surface area (Å²) in [4.78, 5) is 24.3. The molecule has 0 bridgehead atoms. The van der Waals surface area contributed by atoms with Crippen molar-refractivity contribution in [2.24, 2.45) is 0 Å². The third-order valence-electron chi connectivity index (χ3n) is 8.30. The lowest BCUT2D eigenvalue weighted by Crippen LogP contribution is -2.36. The number of nitrogens with zero attached hydrogens (tertiary/aromatic N) is 6. The SMILES string of the molecule is CCC1(CC)C=CC2N(c3ccccc3)c3nc(-c4cccnc4)c(-c4cccnc4)nc3N2c2ccccc21. The molecule has 0 amide bonds. The molecule has 0 fully saturated rings. The van der Waals surface area contributed by atoms with Crippen LogP contribution < -0.4 is 9.80 Å². The largest absolute Gasteiger partial charge is 0.298 e. The Balaban J connectivity index is 1.55. The fourth-order valence-electron chi connectivity index (χ4n) is 6.14. The lowest BCUT2D eigenvalue weighted by molar-refractivity contribution is 0.499. The van der Waals surface area contributed by atoms with Crippen LogP contribution in [0.5, 0.6) is 0 Å². The summed E-state index contributed by atoms with van der Waals surface area (Å²) in [5, 5.41) is 0.